The highest BCUT2D eigenvalue weighted by atomic mass is 16.3. The highest BCUT2D eigenvalue weighted by molar-refractivity contribution is 5.35. The van der Waals surface area contributed by atoms with E-state index in [0.29, 0.717) is 11.8 Å². The largest absolute Gasteiger partial charge is 0.393 e. The van der Waals surface area contributed by atoms with Gasteiger partial charge in [0.15, 0.2) is 0 Å². The highest BCUT2D eigenvalue weighted by Gasteiger charge is 2.41. The molecule has 3 unspecified atom stereocenters. The molecular formula is C16H26N4O. The number of aliphatic hydroxyl groups excluding tert-OH is 1. The molecule has 0 bridgehead atoms. The molecule has 0 amide bonds. The Bertz CT molecular complexity index is 493. The molecule has 0 spiro atoms. The van der Waals surface area contributed by atoms with Crippen molar-refractivity contribution in [3.63, 3.8) is 0 Å². The van der Waals surface area contributed by atoms with Crippen molar-refractivity contribution in [2.75, 3.05) is 25.0 Å². The second kappa shape index (κ2) is 6.28. The van der Waals surface area contributed by atoms with Gasteiger partial charge in [-0.3, -0.25) is 4.90 Å². The third kappa shape index (κ3) is 3.35. The average molecular weight is 290 g/mol. The lowest BCUT2D eigenvalue weighted by molar-refractivity contribution is 0.123. The maximum absolute atomic E-state index is 10.0. The summed E-state index contributed by atoms with van der Waals surface area (Å²) in [5.74, 6) is 2.96. The van der Waals surface area contributed by atoms with E-state index in [2.05, 4.69) is 27.1 Å². The van der Waals surface area contributed by atoms with Crippen LogP contribution >= 0.6 is 0 Å². The number of hydrogen-bond acceptors (Lipinski definition) is 5. The summed E-state index contributed by atoms with van der Waals surface area (Å²) in [6.45, 7) is 7.97. The number of likely N-dealkylation sites (tertiary alicyclic amines) is 1. The molecule has 0 radical (unpaired) electrons. The van der Waals surface area contributed by atoms with Gasteiger partial charge in [-0.05, 0) is 32.1 Å². The molecule has 2 aliphatic rings. The number of aliphatic hydroxyl groups is 1. The van der Waals surface area contributed by atoms with Crippen molar-refractivity contribution >= 4 is 5.82 Å². The molecule has 3 atom stereocenters. The van der Waals surface area contributed by atoms with Crippen LogP contribution in [0.15, 0.2) is 6.07 Å². The van der Waals surface area contributed by atoms with Gasteiger partial charge in [0.1, 0.15) is 11.6 Å². The van der Waals surface area contributed by atoms with Crippen LogP contribution in [-0.4, -0.2) is 45.7 Å². The second-order valence-electron chi connectivity index (χ2n) is 6.50. The van der Waals surface area contributed by atoms with E-state index in [9.17, 15) is 5.11 Å². The Hall–Kier alpha value is -1.20. The molecule has 1 saturated heterocycles. The molecule has 3 rings (SSSR count). The summed E-state index contributed by atoms with van der Waals surface area (Å²) in [7, 11) is 0. The lowest BCUT2D eigenvalue weighted by Crippen LogP contribution is -2.25. The summed E-state index contributed by atoms with van der Waals surface area (Å²) in [5.41, 5.74) is 1.01. The fourth-order valence-corrected chi connectivity index (χ4v) is 3.70. The monoisotopic (exact) mass is 290 g/mol. The van der Waals surface area contributed by atoms with Gasteiger partial charge >= 0.3 is 0 Å². The number of aryl methyl sites for hydroxylation is 1. The number of nitrogens with zero attached hydrogens (tertiary/aromatic N) is 3. The summed E-state index contributed by atoms with van der Waals surface area (Å²) in [5, 5.41) is 13.3. The predicted molar refractivity (Wildman–Crippen MR) is 83.0 cm³/mol. The van der Waals surface area contributed by atoms with Crippen LogP contribution in [0.25, 0.3) is 0 Å². The van der Waals surface area contributed by atoms with Crippen molar-refractivity contribution in [1.82, 2.24) is 14.9 Å². The summed E-state index contributed by atoms with van der Waals surface area (Å²) >= 11 is 0. The quantitative estimate of drug-likeness (QED) is 0.866. The number of hydrogen-bond donors (Lipinski definition) is 2. The fourth-order valence-electron chi connectivity index (χ4n) is 3.70. The smallest absolute Gasteiger partial charge is 0.144 e. The van der Waals surface area contributed by atoms with E-state index < -0.39 is 0 Å². The first-order chi connectivity index (χ1) is 10.2. The zero-order chi connectivity index (χ0) is 14.8. The van der Waals surface area contributed by atoms with Crippen LogP contribution in [0.5, 0.6) is 0 Å². The SMILES string of the molecule is CCCNc1cc(C)nc(CN2CC3CCC(O)C3C2)n1. The van der Waals surface area contributed by atoms with Gasteiger partial charge in [-0.2, -0.15) is 0 Å². The lowest BCUT2D eigenvalue weighted by atomic mass is 10.00. The Morgan fingerprint density at radius 1 is 1.33 bits per heavy atom. The number of rotatable bonds is 5. The maximum Gasteiger partial charge on any atom is 0.144 e. The van der Waals surface area contributed by atoms with Crippen molar-refractivity contribution in [1.29, 1.82) is 0 Å². The first kappa shape index (κ1) is 14.7. The van der Waals surface area contributed by atoms with Crippen molar-refractivity contribution in [2.24, 2.45) is 11.8 Å². The summed E-state index contributed by atoms with van der Waals surface area (Å²) in [6, 6.07) is 2.00. The van der Waals surface area contributed by atoms with Gasteiger partial charge in [0.2, 0.25) is 0 Å². The van der Waals surface area contributed by atoms with E-state index >= 15 is 0 Å². The molecule has 5 heteroatoms. The number of aromatic nitrogens is 2. The van der Waals surface area contributed by atoms with Gasteiger partial charge in [0.25, 0.3) is 0 Å². The zero-order valence-corrected chi connectivity index (χ0v) is 13.0. The van der Waals surface area contributed by atoms with Crippen LogP contribution in [0.3, 0.4) is 0 Å². The van der Waals surface area contributed by atoms with Crippen LogP contribution in [0.4, 0.5) is 5.82 Å². The molecule has 2 heterocycles. The van der Waals surface area contributed by atoms with Crippen LogP contribution in [0, 0.1) is 18.8 Å². The minimum absolute atomic E-state index is 0.0970. The molecule has 21 heavy (non-hydrogen) atoms. The van der Waals surface area contributed by atoms with Gasteiger partial charge in [0.05, 0.1) is 12.6 Å². The maximum atomic E-state index is 10.0. The van der Waals surface area contributed by atoms with Crippen molar-refractivity contribution < 1.29 is 5.11 Å². The number of anilines is 1. The fraction of sp³-hybridized carbons (Fsp3) is 0.750. The van der Waals surface area contributed by atoms with Gasteiger partial charge in [-0.15, -0.1) is 0 Å². The van der Waals surface area contributed by atoms with Crippen LogP contribution in [0.1, 0.15) is 37.7 Å². The minimum atomic E-state index is -0.0970. The van der Waals surface area contributed by atoms with Crippen LogP contribution < -0.4 is 5.32 Å². The molecule has 1 aromatic heterocycles. The highest BCUT2D eigenvalue weighted by Crippen LogP contribution is 2.38. The molecule has 0 aromatic carbocycles. The van der Waals surface area contributed by atoms with E-state index in [4.69, 9.17) is 0 Å². The van der Waals surface area contributed by atoms with Crippen molar-refractivity contribution in [3.05, 3.63) is 17.6 Å². The molecule has 116 valence electrons. The molecule has 2 N–H and O–H groups in total. The molecular weight excluding hydrogens is 264 g/mol. The Morgan fingerprint density at radius 3 is 2.95 bits per heavy atom. The van der Waals surface area contributed by atoms with E-state index in [1.54, 1.807) is 0 Å². The number of fused-ring (bicyclic) bond motifs is 1. The first-order valence-electron chi connectivity index (χ1n) is 8.14. The summed E-state index contributed by atoms with van der Waals surface area (Å²) < 4.78 is 0. The molecule has 1 aliphatic carbocycles. The van der Waals surface area contributed by atoms with Gasteiger partial charge < -0.3 is 10.4 Å². The topological polar surface area (TPSA) is 61.3 Å². The van der Waals surface area contributed by atoms with Gasteiger partial charge in [-0.1, -0.05) is 6.92 Å². The van der Waals surface area contributed by atoms with E-state index in [0.717, 1.165) is 56.4 Å². The lowest BCUT2D eigenvalue weighted by Gasteiger charge is -2.17. The predicted octanol–water partition coefficient (Wildman–Crippen LogP) is 1.81. The normalized spacial score (nSPS) is 28.8. The molecule has 1 saturated carbocycles. The number of nitrogens with one attached hydrogen (secondary N) is 1. The third-order valence-corrected chi connectivity index (χ3v) is 4.72. The zero-order valence-electron chi connectivity index (χ0n) is 13.0. The Balaban J connectivity index is 1.64. The van der Waals surface area contributed by atoms with Gasteiger partial charge in [-0.25, -0.2) is 9.97 Å². The first-order valence-corrected chi connectivity index (χ1v) is 8.14. The minimum Gasteiger partial charge on any atom is -0.393 e. The van der Waals surface area contributed by atoms with Crippen molar-refractivity contribution in [2.45, 2.75) is 45.8 Å². The van der Waals surface area contributed by atoms with E-state index in [1.807, 2.05) is 13.0 Å². The molecule has 5 nitrogen and oxygen atoms in total. The Kier molecular flexibility index (Phi) is 4.40. The molecule has 1 aliphatic heterocycles. The van der Waals surface area contributed by atoms with Crippen LogP contribution in [-0.2, 0) is 6.54 Å². The van der Waals surface area contributed by atoms with Crippen molar-refractivity contribution in [3.8, 4) is 0 Å². The molecule has 2 fully saturated rings. The standard InChI is InChI=1S/C16H26N4O/c1-3-6-17-15-7-11(2)18-16(19-15)10-20-8-12-4-5-14(21)13(12)9-20/h7,12-14,21H,3-6,8-10H2,1-2H3,(H,17,18,19). The Labute approximate surface area is 126 Å². The second-order valence-corrected chi connectivity index (χ2v) is 6.50. The van der Waals surface area contributed by atoms with E-state index in [-0.39, 0.29) is 6.10 Å². The molecule has 1 aromatic rings. The average Bonchev–Trinajstić information content (AvgIpc) is 2.98. The third-order valence-electron chi connectivity index (χ3n) is 4.72. The summed E-state index contributed by atoms with van der Waals surface area (Å²) in [6.07, 6.45) is 3.14. The van der Waals surface area contributed by atoms with Crippen LogP contribution in [0.2, 0.25) is 0 Å². The van der Waals surface area contributed by atoms with E-state index in [1.165, 1.54) is 6.42 Å². The summed E-state index contributed by atoms with van der Waals surface area (Å²) in [4.78, 5) is 11.6. The van der Waals surface area contributed by atoms with Gasteiger partial charge in [0, 0.05) is 37.3 Å². The Morgan fingerprint density at radius 2 is 2.19 bits per heavy atom.